The lowest BCUT2D eigenvalue weighted by molar-refractivity contribution is 1.06. The highest BCUT2D eigenvalue weighted by Gasteiger charge is 2.41. The third kappa shape index (κ3) is 6.83. The van der Waals surface area contributed by atoms with Gasteiger partial charge in [0, 0.05) is 47.6 Å². The molecule has 0 unspecified atom stereocenters. The molecular formula is C63H42N4SSi. The average molecular weight is 915 g/mol. The van der Waals surface area contributed by atoms with Crippen LogP contribution in [0.15, 0.2) is 255 Å². The molecule has 69 heavy (non-hydrogen) atoms. The van der Waals surface area contributed by atoms with Gasteiger partial charge in [-0.2, -0.15) is 0 Å². The molecule has 0 saturated carbocycles. The lowest BCUT2D eigenvalue weighted by atomic mass is 9.97. The molecule has 13 rings (SSSR count). The van der Waals surface area contributed by atoms with Gasteiger partial charge in [-0.3, -0.25) is 0 Å². The highest BCUT2D eigenvalue weighted by Crippen LogP contribution is 2.40. The van der Waals surface area contributed by atoms with Crippen LogP contribution < -0.4 is 20.7 Å². The van der Waals surface area contributed by atoms with Gasteiger partial charge in [-0.15, -0.1) is 11.3 Å². The van der Waals surface area contributed by atoms with E-state index in [0.29, 0.717) is 17.5 Å². The van der Waals surface area contributed by atoms with Gasteiger partial charge in [0.15, 0.2) is 25.5 Å². The molecule has 13 aromatic rings. The summed E-state index contributed by atoms with van der Waals surface area (Å²) in [5, 5.41) is 10.2. The Hall–Kier alpha value is -8.55. The van der Waals surface area contributed by atoms with Crippen molar-refractivity contribution in [1.29, 1.82) is 0 Å². The first-order valence-electron chi connectivity index (χ1n) is 23.3. The highest BCUT2D eigenvalue weighted by atomic mass is 32.1. The molecule has 10 aromatic carbocycles. The molecular weight excluding hydrogens is 873 g/mol. The van der Waals surface area contributed by atoms with Gasteiger partial charge >= 0.3 is 0 Å². The molecule has 0 radical (unpaired) electrons. The van der Waals surface area contributed by atoms with Crippen molar-refractivity contribution in [3.8, 4) is 51.0 Å². The molecule has 0 atom stereocenters. The molecule has 0 spiro atoms. The van der Waals surface area contributed by atoms with Crippen molar-refractivity contribution in [2.24, 2.45) is 0 Å². The van der Waals surface area contributed by atoms with Gasteiger partial charge < -0.3 is 4.57 Å². The summed E-state index contributed by atoms with van der Waals surface area (Å²) in [5.74, 6) is 1.83. The summed E-state index contributed by atoms with van der Waals surface area (Å²) < 4.78 is 4.91. The standard InChI is InChI=1S/C63H42N4SSi/c1-4-20-45(21-5-1)69(46-22-6-2-7-23-46,47-24-8-3-9-25-47)48-39-36-43(37-40-48)61-64-62(53-30-11-10-26-49(53)44-38-41-60-55(42-44)52-29-15-19-35-59(52)68-60)66-63(65-61)54-31-14-18-34-58(54)67-56-32-16-12-27-50(56)51-28-13-17-33-57(51)67/h1-42H. The van der Waals surface area contributed by atoms with Crippen molar-refractivity contribution in [2.75, 3.05) is 0 Å². The van der Waals surface area contributed by atoms with Gasteiger partial charge in [0.05, 0.1) is 16.7 Å². The fourth-order valence-electron chi connectivity index (χ4n) is 10.5. The molecule has 6 heteroatoms. The van der Waals surface area contributed by atoms with E-state index in [4.69, 9.17) is 15.0 Å². The summed E-state index contributed by atoms with van der Waals surface area (Å²) in [7, 11) is -2.77. The number of benzene rings is 10. The average Bonchev–Trinajstić information content (AvgIpc) is 3.98. The van der Waals surface area contributed by atoms with Gasteiger partial charge in [0.1, 0.15) is 0 Å². The number of rotatable bonds is 9. The quantitative estimate of drug-likeness (QED) is 0.107. The zero-order valence-corrected chi connectivity index (χ0v) is 39.3. The van der Waals surface area contributed by atoms with E-state index in [2.05, 4.69) is 259 Å². The Labute approximate surface area is 405 Å². The largest absolute Gasteiger partial charge is 0.309 e. The van der Waals surface area contributed by atoms with Crippen molar-refractivity contribution in [3.05, 3.63) is 255 Å². The number of aromatic nitrogens is 4. The zero-order chi connectivity index (χ0) is 45.7. The third-order valence-electron chi connectivity index (χ3n) is 13.7. The van der Waals surface area contributed by atoms with E-state index in [1.165, 1.54) is 51.7 Å². The Morgan fingerprint density at radius 2 is 0.739 bits per heavy atom. The minimum Gasteiger partial charge on any atom is -0.309 e. The summed E-state index contributed by atoms with van der Waals surface area (Å²) in [6, 6.07) is 92.0. The fraction of sp³-hybridized carbons (Fsp3) is 0. The first-order chi connectivity index (χ1) is 34.2. The number of hydrogen-bond donors (Lipinski definition) is 0. The number of fused-ring (bicyclic) bond motifs is 6. The van der Waals surface area contributed by atoms with E-state index in [0.717, 1.165) is 44.5 Å². The van der Waals surface area contributed by atoms with Crippen LogP contribution in [0.25, 0.3) is 93.0 Å². The predicted molar refractivity (Wildman–Crippen MR) is 292 cm³/mol. The second-order valence-corrected chi connectivity index (χ2v) is 22.4. The fourth-order valence-corrected chi connectivity index (χ4v) is 16.4. The summed E-state index contributed by atoms with van der Waals surface area (Å²) >= 11 is 1.83. The topological polar surface area (TPSA) is 43.6 Å². The lowest BCUT2D eigenvalue weighted by Crippen LogP contribution is -2.74. The molecule has 0 aliphatic carbocycles. The second-order valence-electron chi connectivity index (χ2n) is 17.5. The van der Waals surface area contributed by atoms with E-state index < -0.39 is 8.07 Å². The molecule has 324 valence electrons. The molecule has 0 fully saturated rings. The Balaban J connectivity index is 1.03. The molecule has 3 heterocycles. The smallest absolute Gasteiger partial charge is 0.179 e. The van der Waals surface area contributed by atoms with Gasteiger partial charge in [-0.1, -0.05) is 212 Å². The molecule has 3 aromatic heterocycles. The summed E-state index contributed by atoms with van der Waals surface area (Å²) in [6.45, 7) is 0. The highest BCUT2D eigenvalue weighted by molar-refractivity contribution is 7.25. The van der Waals surface area contributed by atoms with Crippen molar-refractivity contribution in [3.63, 3.8) is 0 Å². The zero-order valence-electron chi connectivity index (χ0n) is 37.4. The van der Waals surface area contributed by atoms with Gasteiger partial charge in [-0.25, -0.2) is 15.0 Å². The Morgan fingerprint density at radius 3 is 1.36 bits per heavy atom. The summed E-state index contributed by atoms with van der Waals surface area (Å²) in [4.78, 5) is 16.3. The molecule has 0 bridgehead atoms. The Morgan fingerprint density at radius 1 is 0.304 bits per heavy atom. The number of thiophene rings is 1. The first-order valence-corrected chi connectivity index (χ1v) is 26.2. The normalized spacial score (nSPS) is 11.8. The van der Waals surface area contributed by atoms with Crippen LogP contribution in [0.2, 0.25) is 0 Å². The summed E-state index contributed by atoms with van der Waals surface area (Å²) in [6.07, 6.45) is 0. The number of hydrogen-bond acceptors (Lipinski definition) is 4. The van der Waals surface area contributed by atoms with Crippen molar-refractivity contribution >= 4 is 82.1 Å². The molecule has 4 nitrogen and oxygen atoms in total. The molecule has 0 aliphatic heterocycles. The van der Waals surface area contributed by atoms with E-state index in [1.54, 1.807) is 0 Å². The third-order valence-corrected chi connectivity index (χ3v) is 19.6. The van der Waals surface area contributed by atoms with E-state index in [1.807, 2.05) is 11.3 Å². The monoisotopic (exact) mass is 914 g/mol. The van der Waals surface area contributed by atoms with Crippen LogP contribution in [0.4, 0.5) is 0 Å². The van der Waals surface area contributed by atoms with Gasteiger partial charge in [-0.05, 0) is 74.3 Å². The molecule has 0 amide bonds. The van der Waals surface area contributed by atoms with Crippen LogP contribution in [-0.2, 0) is 0 Å². The number of nitrogens with zero attached hydrogens (tertiary/aromatic N) is 4. The minimum atomic E-state index is -2.77. The van der Waals surface area contributed by atoms with Crippen molar-refractivity contribution < 1.29 is 0 Å². The molecule has 0 saturated heterocycles. The van der Waals surface area contributed by atoms with Crippen LogP contribution >= 0.6 is 11.3 Å². The first kappa shape index (κ1) is 40.7. The van der Waals surface area contributed by atoms with Crippen LogP contribution in [0.1, 0.15) is 0 Å². The minimum absolute atomic E-state index is 0.604. The van der Waals surface area contributed by atoms with Gasteiger partial charge in [0.25, 0.3) is 0 Å². The Bertz CT molecular complexity index is 3860. The maximum absolute atomic E-state index is 5.47. The lowest BCUT2D eigenvalue weighted by Gasteiger charge is -2.34. The van der Waals surface area contributed by atoms with Crippen LogP contribution in [-0.4, -0.2) is 27.6 Å². The predicted octanol–water partition coefficient (Wildman–Crippen LogP) is 13.4. The maximum Gasteiger partial charge on any atom is 0.179 e. The van der Waals surface area contributed by atoms with Crippen LogP contribution in [0.3, 0.4) is 0 Å². The molecule has 0 aliphatic rings. The van der Waals surface area contributed by atoms with Crippen molar-refractivity contribution in [1.82, 2.24) is 19.5 Å². The summed E-state index contributed by atoms with van der Waals surface area (Å²) in [5.41, 5.74) is 8.20. The van der Waals surface area contributed by atoms with Crippen LogP contribution in [0.5, 0.6) is 0 Å². The Kier molecular flexibility index (Phi) is 10.00. The van der Waals surface area contributed by atoms with E-state index >= 15 is 0 Å². The number of para-hydroxylation sites is 3. The molecule has 0 N–H and O–H groups in total. The van der Waals surface area contributed by atoms with Crippen LogP contribution in [0, 0.1) is 0 Å². The van der Waals surface area contributed by atoms with Gasteiger partial charge in [0.2, 0.25) is 0 Å². The SMILES string of the molecule is c1ccc([Si](c2ccccc2)(c2ccccc2)c2ccc(-c3nc(-c4ccccc4-c4ccc5sc6ccccc6c5c4)nc(-c4ccccc4-n4c5ccccc5c5ccccc54)n3)cc2)cc1. The van der Waals surface area contributed by atoms with E-state index in [9.17, 15) is 0 Å². The maximum atomic E-state index is 5.47. The van der Waals surface area contributed by atoms with Crippen molar-refractivity contribution in [2.45, 2.75) is 0 Å². The van der Waals surface area contributed by atoms with E-state index in [-0.39, 0.29) is 0 Å². The second kappa shape index (κ2) is 17.0.